The lowest BCUT2D eigenvalue weighted by Gasteiger charge is -2.16. The lowest BCUT2D eigenvalue weighted by atomic mass is 9.96. The first-order chi connectivity index (χ1) is 15.4. The van der Waals surface area contributed by atoms with E-state index in [9.17, 15) is 8.42 Å². The van der Waals surface area contributed by atoms with Crippen LogP contribution in [0, 0.1) is 0 Å². The van der Waals surface area contributed by atoms with Gasteiger partial charge in [-0.1, -0.05) is 18.2 Å². The van der Waals surface area contributed by atoms with Crippen molar-refractivity contribution in [2.45, 2.75) is 17.7 Å². The molecule has 2 heterocycles. The standard InChI is InChI=1S/C23H20N4O3S2/c1-30-19-8-3-2-7-17(19)21-12-18-20(31-21)10-9-14-13-25-23(27-22(14)18)26-15-5-4-6-16(11-15)32(24,28)29/h2-8,11-13H,9-10H2,1H3,(H2,24,28,29)(H,25,26,27). The fourth-order valence-electron chi connectivity index (χ4n) is 3.81. The molecule has 32 heavy (non-hydrogen) atoms. The fraction of sp³-hybridized carbons (Fsp3) is 0.130. The zero-order chi connectivity index (χ0) is 22.3. The predicted molar refractivity (Wildman–Crippen MR) is 126 cm³/mol. The van der Waals surface area contributed by atoms with Crippen LogP contribution in [0.5, 0.6) is 5.75 Å². The molecule has 2 aromatic heterocycles. The van der Waals surface area contributed by atoms with Gasteiger partial charge in [0.25, 0.3) is 0 Å². The molecule has 0 atom stereocenters. The summed E-state index contributed by atoms with van der Waals surface area (Å²) in [6.45, 7) is 0. The van der Waals surface area contributed by atoms with Gasteiger partial charge in [0, 0.05) is 32.8 Å². The Morgan fingerprint density at radius 1 is 1.06 bits per heavy atom. The van der Waals surface area contributed by atoms with Gasteiger partial charge < -0.3 is 10.1 Å². The highest BCUT2D eigenvalue weighted by Crippen LogP contribution is 2.43. The third kappa shape index (κ3) is 3.86. The molecule has 1 aliphatic rings. The Bertz CT molecular complexity index is 1430. The van der Waals surface area contributed by atoms with Crippen molar-refractivity contribution in [3.8, 4) is 27.4 Å². The highest BCUT2D eigenvalue weighted by Gasteiger charge is 2.23. The summed E-state index contributed by atoms with van der Waals surface area (Å²) >= 11 is 1.75. The number of nitrogens with one attached hydrogen (secondary N) is 1. The van der Waals surface area contributed by atoms with Crippen molar-refractivity contribution in [1.82, 2.24) is 9.97 Å². The summed E-state index contributed by atoms with van der Waals surface area (Å²) in [5, 5.41) is 8.33. The second kappa shape index (κ2) is 8.01. The van der Waals surface area contributed by atoms with Crippen molar-refractivity contribution >= 4 is 33.0 Å². The van der Waals surface area contributed by atoms with E-state index in [0.717, 1.165) is 45.9 Å². The minimum atomic E-state index is -3.79. The molecule has 0 fully saturated rings. The molecule has 3 N–H and O–H groups in total. The van der Waals surface area contributed by atoms with Gasteiger partial charge in [0.2, 0.25) is 16.0 Å². The Morgan fingerprint density at radius 2 is 1.91 bits per heavy atom. The van der Waals surface area contributed by atoms with Gasteiger partial charge in [-0.3, -0.25) is 0 Å². The Hall–Kier alpha value is -3.27. The number of fused-ring (bicyclic) bond motifs is 3. The number of sulfonamides is 1. The van der Waals surface area contributed by atoms with Crippen molar-refractivity contribution in [3.05, 3.63) is 71.2 Å². The van der Waals surface area contributed by atoms with Crippen LogP contribution in [-0.2, 0) is 22.9 Å². The monoisotopic (exact) mass is 464 g/mol. The number of methoxy groups -OCH3 is 1. The number of aryl methyl sites for hydroxylation is 2. The average molecular weight is 465 g/mol. The van der Waals surface area contributed by atoms with Crippen molar-refractivity contribution in [2.75, 3.05) is 12.4 Å². The molecular formula is C23H20N4O3S2. The number of hydrogen-bond acceptors (Lipinski definition) is 7. The van der Waals surface area contributed by atoms with E-state index in [2.05, 4.69) is 22.4 Å². The fourth-order valence-corrected chi connectivity index (χ4v) is 5.56. The molecule has 1 aliphatic carbocycles. The molecular weight excluding hydrogens is 444 g/mol. The molecule has 9 heteroatoms. The van der Waals surface area contributed by atoms with Crippen LogP contribution in [0.4, 0.5) is 11.6 Å². The van der Waals surface area contributed by atoms with Gasteiger partial charge >= 0.3 is 0 Å². The van der Waals surface area contributed by atoms with Crippen molar-refractivity contribution in [2.24, 2.45) is 5.14 Å². The van der Waals surface area contributed by atoms with Crippen LogP contribution in [0.25, 0.3) is 21.7 Å². The Labute approximate surface area is 190 Å². The zero-order valence-electron chi connectivity index (χ0n) is 17.2. The lowest BCUT2D eigenvalue weighted by Crippen LogP contribution is -2.12. The second-order valence-corrected chi connectivity index (χ2v) is 10.1. The van der Waals surface area contributed by atoms with Gasteiger partial charge in [0.1, 0.15) is 5.75 Å². The van der Waals surface area contributed by atoms with Crippen LogP contribution in [0.2, 0.25) is 0 Å². The molecule has 5 rings (SSSR count). The number of hydrogen-bond donors (Lipinski definition) is 2. The summed E-state index contributed by atoms with van der Waals surface area (Å²) in [5.41, 5.74) is 4.69. The number of rotatable bonds is 5. The first kappa shape index (κ1) is 20.6. The highest BCUT2D eigenvalue weighted by molar-refractivity contribution is 7.89. The van der Waals surface area contributed by atoms with Gasteiger partial charge in [-0.2, -0.15) is 0 Å². The maximum Gasteiger partial charge on any atom is 0.238 e. The molecule has 0 bridgehead atoms. The third-order valence-electron chi connectivity index (χ3n) is 5.34. The number of aromatic nitrogens is 2. The number of thiophene rings is 1. The van der Waals surface area contributed by atoms with Crippen LogP contribution in [-0.4, -0.2) is 25.5 Å². The Balaban J connectivity index is 1.51. The summed E-state index contributed by atoms with van der Waals surface area (Å²) in [4.78, 5) is 11.6. The van der Waals surface area contributed by atoms with E-state index in [-0.39, 0.29) is 4.90 Å². The van der Waals surface area contributed by atoms with Gasteiger partial charge in [-0.25, -0.2) is 23.5 Å². The summed E-state index contributed by atoms with van der Waals surface area (Å²) < 4.78 is 28.8. The molecule has 7 nitrogen and oxygen atoms in total. The van der Waals surface area contributed by atoms with E-state index < -0.39 is 10.0 Å². The summed E-state index contributed by atoms with van der Waals surface area (Å²) in [7, 11) is -2.11. The minimum absolute atomic E-state index is 0.0297. The lowest BCUT2D eigenvalue weighted by molar-refractivity contribution is 0.416. The normalized spacial score (nSPS) is 12.7. The largest absolute Gasteiger partial charge is 0.496 e. The number of benzene rings is 2. The van der Waals surface area contributed by atoms with Gasteiger partial charge in [0.05, 0.1) is 17.7 Å². The predicted octanol–water partition coefficient (Wildman–Crippen LogP) is 4.37. The number of nitrogens with zero attached hydrogens (tertiary/aromatic N) is 2. The van der Waals surface area contributed by atoms with E-state index in [0.29, 0.717) is 11.6 Å². The quantitative estimate of drug-likeness (QED) is 0.454. The number of primary sulfonamides is 1. The summed E-state index contributed by atoms with van der Waals surface area (Å²) in [6.07, 6.45) is 3.64. The minimum Gasteiger partial charge on any atom is -0.496 e. The first-order valence-corrected chi connectivity index (χ1v) is 12.3. The van der Waals surface area contributed by atoms with E-state index in [1.54, 1.807) is 30.6 Å². The average Bonchev–Trinajstić information content (AvgIpc) is 3.23. The highest BCUT2D eigenvalue weighted by atomic mass is 32.2. The smallest absolute Gasteiger partial charge is 0.238 e. The number of anilines is 2. The van der Waals surface area contributed by atoms with Crippen molar-refractivity contribution in [3.63, 3.8) is 0 Å². The summed E-state index contributed by atoms with van der Waals surface area (Å²) in [5.74, 6) is 1.24. The van der Waals surface area contributed by atoms with Crippen LogP contribution in [0.1, 0.15) is 10.4 Å². The van der Waals surface area contributed by atoms with Crippen LogP contribution in [0.15, 0.2) is 65.7 Å². The molecule has 0 saturated carbocycles. The van der Waals surface area contributed by atoms with E-state index in [4.69, 9.17) is 14.9 Å². The molecule has 0 unspecified atom stereocenters. The molecule has 162 valence electrons. The molecule has 0 spiro atoms. The molecule has 4 aromatic rings. The van der Waals surface area contributed by atoms with Crippen molar-refractivity contribution < 1.29 is 13.2 Å². The van der Waals surface area contributed by atoms with Crippen LogP contribution < -0.4 is 15.2 Å². The number of ether oxygens (including phenoxy) is 1. The maximum atomic E-state index is 11.6. The third-order valence-corrected chi connectivity index (χ3v) is 7.48. The molecule has 2 aromatic carbocycles. The Morgan fingerprint density at radius 3 is 2.72 bits per heavy atom. The summed E-state index contributed by atoms with van der Waals surface area (Å²) in [6, 6.07) is 16.4. The second-order valence-electron chi connectivity index (χ2n) is 7.41. The molecule has 0 saturated heterocycles. The zero-order valence-corrected chi connectivity index (χ0v) is 18.8. The topological polar surface area (TPSA) is 107 Å². The Kier molecular flexibility index (Phi) is 5.16. The molecule has 0 radical (unpaired) electrons. The van der Waals surface area contributed by atoms with E-state index in [1.165, 1.54) is 17.0 Å². The van der Waals surface area contributed by atoms with E-state index >= 15 is 0 Å². The van der Waals surface area contributed by atoms with Gasteiger partial charge in [0.15, 0.2) is 0 Å². The van der Waals surface area contributed by atoms with Crippen molar-refractivity contribution in [1.29, 1.82) is 0 Å². The molecule has 0 amide bonds. The maximum absolute atomic E-state index is 11.6. The SMILES string of the molecule is COc1ccccc1-c1cc2c(s1)CCc1cnc(Nc3cccc(S(N)(=O)=O)c3)nc1-2. The van der Waals surface area contributed by atoms with E-state index in [1.807, 2.05) is 24.4 Å². The van der Waals surface area contributed by atoms with Crippen LogP contribution >= 0.6 is 11.3 Å². The number of nitrogens with two attached hydrogens (primary N) is 1. The van der Waals surface area contributed by atoms with Gasteiger partial charge in [-0.05, 0) is 54.8 Å². The number of para-hydroxylation sites is 1. The molecule has 0 aliphatic heterocycles. The van der Waals surface area contributed by atoms with Crippen LogP contribution in [0.3, 0.4) is 0 Å². The van der Waals surface area contributed by atoms with Gasteiger partial charge in [-0.15, -0.1) is 11.3 Å². The first-order valence-electron chi connectivity index (χ1n) is 9.94.